The highest BCUT2D eigenvalue weighted by molar-refractivity contribution is 5.73. The third-order valence-corrected chi connectivity index (χ3v) is 6.96. The molecule has 3 aliphatic heterocycles. The summed E-state index contributed by atoms with van der Waals surface area (Å²) < 4.78 is 27.9. The molecule has 0 aliphatic carbocycles. The van der Waals surface area contributed by atoms with Crippen molar-refractivity contribution in [2.45, 2.75) is 92.6 Å². The average molecular weight is 569 g/mol. The van der Waals surface area contributed by atoms with Gasteiger partial charge in [0, 0.05) is 13.5 Å². The first-order chi connectivity index (χ1) is 18.5. The van der Waals surface area contributed by atoms with Crippen LogP contribution in [0, 0.1) is 0 Å². The van der Waals surface area contributed by atoms with Crippen LogP contribution in [0.15, 0.2) is 12.7 Å². The van der Waals surface area contributed by atoms with Gasteiger partial charge < -0.3 is 75.2 Å². The summed E-state index contributed by atoms with van der Waals surface area (Å²) in [5.74, 6) is -0.515. The van der Waals surface area contributed by atoms with Gasteiger partial charge in [-0.1, -0.05) is 6.08 Å². The number of hydrogen-bond donors (Lipinski definition) is 10. The number of amides is 1. The van der Waals surface area contributed by atoms with Gasteiger partial charge >= 0.3 is 0 Å². The minimum Gasteiger partial charge on any atom is -0.394 e. The molecule has 3 aliphatic rings. The van der Waals surface area contributed by atoms with Crippen LogP contribution in [-0.4, -0.2) is 165 Å². The summed E-state index contributed by atoms with van der Waals surface area (Å²) >= 11 is 0. The molecule has 3 fully saturated rings. The minimum atomic E-state index is -1.78. The van der Waals surface area contributed by atoms with Gasteiger partial charge in [0.05, 0.1) is 32.5 Å². The average Bonchev–Trinajstić information content (AvgIpc) is 2.91. The molecular weight excluding hydrogens is 528 g/mol. The Morgan fingerprint density at radius 1 is 0.897 bits per heavy atom. The molecular formula is C23H40N2O14. The molecule has 0 aromatic carbocycles. The summed E-state index contributed by atoms with van der Waals surface area (Å²) in [4.78, 5) is 11.7. The molecule has 10 N–H and O–H groups in total. The van der Waals surface area contributed by atoms with Gasteiger partial charge in [-0.15, -0.1) is 6.58 Å². The van der Waals surface area contributed by atoms with Crippen LogP contribution in [0.1, 0.15) is 6.92 Å². The van der Waals surface area contributed by atoms with Gasteiger partial charge in [-0.05, 0) is 0 Å². The van der Waals surface area contributed by atoms with E-state index in [-0.39, 0.29) is 19.8 Å². The SMILES string of the molecule is C=CCO[C@H]1O[C@H](CO)[C@@H](O[C@@H]2O[C@H](CN[C@H]3CO[C@H](CO)[C@@H](O)[C@@H]3O)[C@H](O)[C@H](O)[C@H]2O)[C@H](O)[C@H]1NC(C)=O. The van der Waals surface area contributed by atoms with Crippen LogP contribution >= 0.6 is 0 Å². The molecule has 0 bridgehead atoms. The number of aliphatic hydroxyl groups is 8. The molecule has 39 heavy (non-hydrogen) atoms. The first-order valence-corrected chi connectivity index (χ1v) is 12.6. The van der Waals surface area contributed by atoms with Crippen molar-refractivity contribution in [1.82, 2.24) is 10.6 Å². The Morgan fingerprint density at radius 3 is 2.15 bits per heavy atom. The highest BCUT2D eigenvalue weighted by atomic mass is 16.7. The predicted molar refractivity (Wildman–Crippen MR) is 128 cm³/mol. The van der Waals surface area contributed by atoms with Crippen LogP contribution in [0.2, 0.25) is 0 Å². The van der Waals surface area contributed by atoms with Crippen molar-refractivity contribution >= 4 is 5.91 Å². The van der Waals surface area contributed by atoms with Gasteiger partial charge in [0.1, 0.15) is 67.1 Å². The molecule has 0 radical (unpaired) electrons. The number of rotatable bonds is 11. The molecule has 16 heteroatoms. The Bertz CT molecular complexity index is 794. The molecule has 0 aromatic heterocycles. The standard InChI is InChI=1S/C23H40N2O14/c1-3-4-35-22-14(25-9(2)28)18(32)21(13(7-27)38-22)39-23-20(34)19(33)16(30)11(37-23)5-24-10-8-36-12(6-26)17(31)15(10)29/h3,10-24,26-27,29-34H,1,4-8H2,2H3,(H,25,28)/t10-,11+,12+,13+,14+,15+,16-,17+,18+,19-,20+,21+,22-,23-/m0/s1. The number of ether oxygens (including phenoxy) is 5. The Morgan fingerprint density at radius 2 is 1.54 bits per heavy atom. The van der Waals surface area contributed by atoms with Gasteiger partial charge in [-0.25, -0.2) is 0 Å². The predicted octanol–water partition coefficient (Wildman–Crippen LogP) is -5.96. The largest absolute Gasteiger partial charge is 0.394 e. The maximum atomic E-state index is 11.7. The van der Waals surface area contributed by atoms with Crippen molar-refractivity contribution in [2.24, 2.45) is 0 Å². The normalized spacial score (nSPS) is 45.1. The molecule has 0 spiro atoms. The molecule has 0 aromatic rings. The van der Waals surface area contributed by atoms with Crippen molar-refractivity contribution in [3.63, 3.8) is 0 Å². The second-order valence-corrected chi connectivity index (χ2v) is 9.73. The third-order valence-electron chi connectivity index (χ3n) is 6.96. The monoisotopic (exact) mass is 568 g/mol. The van der Waals surface area contributed by atoms with E-state index in [0.717, 1.165) is 0 Å². The van der Waals surface area contributed by atoms with Gasteiger partial charge in [-0.3, -0.25) is 4.79 Å². The van der Waals surface area contributed by atoms with E-state index in [9.17, 15) is 45.6 Å². The molecule has 3 rings (SSSR count). The molecule has 0 unspecified atom stereocenters. The van der Waals surface area contributed by atoms with E-state index >= 15 is 0 Å². The van der Waals surface area contributed by atoms with E-state index in [1.165, 1.54) is 13.0 Å². The van der Waals surface area contributed by atoms with Gasteiger partial charge in [0.15, 0.2) is 12.6 Å². The molecule has 16 nitrogen and oxygen atoms in total. The Kier molecular flexibility index (Phi) is 12.0. The topological polar surface area (TPSA) is 249 Å². The van der Waals surface area contributed by atoms with Crippen LogP contribution in [0.5, 0.6) is 0 Å². The number of carbonyl (C=O) groups is 1. The first kappa shape index (κ1) is 32.2. The fourth-order valence-corrected chi connectivity index (χ4v) is 4.77. The Balaban J connectivity index is 1.70. The van der Waals surface area contributed by atoms with Crippen molar-refractivity contribution in [2.75, 3.05) is 33.0 Å². The van der Waals surface area contributed by atoms with Crippen molar-refractivity contribution in [3.8, 4) is 0 Å². The maximum Gasteiger partial charge on any atom is 0.217 e. The van der Waals surface area contributed by atoms with Crippen LogP contribution in [-0.2, 0) is 28.5 Å². The summed E-state index contributed by atoms with van der Waals surface area (Å²) in [7, 11) is 0. The van der Waals surface area contributed by atoms with E-state index in [1.54, 1.807) is 0 Å². The molecule has 3 heterocycles. The zero-order valence-corrected chi connectivity index (χ0v) is 21.4. The van der Waals surface area contributed by atoms with E-state index in [1.807, 2.05) is 0 Å². The minimum absolute atomic E-state index is 0.0127. The van der Waals surface area contributed by atoms with Crippen LogP contribution < -0.4 is 10.6 Å². The van der Waals surface area contributed by atoms with Gasteiger partial charge in [0.2, 0.25) is 5.91 Å². The smallest absolute Gasteiger partial charge is 0.217 e. The van der Waals surface area contributed by atoms with E-state index in [2.05, 4.69) is 17.2 Å². The van der Waals surface area contributed by atoms with Crippen molar-refractivity contribution < 1.29 is 69.3 Å². The lowest BCUT2D eigenvalue weighted by molar-refractivity contribution is -0.345. The van der Waals surface area contributed by atoms with Crippen molar-refractivity contribution in [1.29, 1.82) is 0 Å². The fourth-order valence-electron chi connectivity index (χ4n) is 4.77. The Labute approximate surface area is 224 Å². The van der Waals surface area contributed by atoms with Crippen molar-refractivity contribution in [3.05, 3.63) is 12.7 Å². The van der Waals surface area contributed by atoms with Gasteiger partial charge in [-0.2, -0.15) is 0 Å². The first-order valence-electron chi connectivity index (χ1n) is 12.6. The summed E-state index contributed by atoms with van der Waals surface area (Å²) in [6.45, 7) is 3.32. The molecule has 14 atom stereocenters. The molecule has 1 amide bonds. The third kappa shape index (κ3) is 7.49. The molecule has 0 saturated carbocycles. The lowest BCUT2D eigenvalue weighted by atomic mass is 9.95. The van der Waals surface area contributed by atoms with Crippen LogP contribution in [0.3, 0.4) is 0 Å². The fraction of sp³-hybridized carbons (Fsp3) is 0.870. The lowest BCUT2D eigenvalue weighted by Crippen LogP contribution is -2.68. The van der Waals surface area contributed by atoms with Crippen LogP contribution in [0.4, 0.5) is 0 Å². The van der Waals surface area contributed by atoms with E-state index < -0.39 is 105 Å². The summed E-state index contributed by atoms with van der Waals surface area (Å²) in [6, 6.07) is -1.97. The summed E-state index contributed by atoms with van der Waals surface area (Å²) in [5, 5.41) is 87.3. The lowest BCUT2D eigenvalue weighted by Gasteiger charge is -2.47. The second-order valence-electron chi connectivity index (χ2n) is 9.73. The quantitative estimate of drug-likeness (QED) is 0.104. The Hall–Kier alpha value is -1.35. The maximum absolute atomic E-state index is 11.7. The second kappa shape index (κ2) is 14.5. The zero-order chi connectivity index (χ0) is 28.9. The highest BCUT2D eigenvalue weighted by Crippen LogP contribution is 2.30. The molecule has 3 saturated heterocycles. The molecule has 226 valence electrons. The van der Waals surface area contributed by atoms with E-state index in [4.69, 9.17) is 23.7 Å². The number of carbonyl (C=O) groups excluding carboxylic acids is 1. The van der Waals surface area contributed by atoms with Gasteiger partial charge in [0.25, 0.3) is 0 Å². The van der Waals surface area contributed by atoms with E-state index in [0.29, 0.717) is 0 Å². The number of aliphatic hydroxyl groups excluding tert-OH is 8. The summed E-state index contributed by atoms with van der Waals surface area (Å²) in [5.41, 5.74) is 0. The van der Waals surface area contributed by atoms with Crippen LogP contribution in [0.25, 0.3) is 0 Å². The highest BCUT2D eigenvalue weighted by Gasteiger charge is 2.51. The zero-order valence-electron chi connectivity index (χ0n) is 21.4. The summed E-state index contributed by atoms with van der Waals surface area (Å²) in [6.07, 6.45) is -15.5. The number of nitrogens with one attached hydrogen (secondary N) is 2. The number of hydrogen-bond acceptors (Lipinski definition) is 15.